The van der Waals surface area contributed by atoms with Crippen molar-refractivity contribution in [1.29, 1.82) is 0 Å². The molecule has 0 amide bonds. The first-order valence-electron chi connectivity index (χ1n) is 5.81. The van der Waals surface area contributed by atoms with Crippen LogP contribution in [0.1, 0.15) is 26.5 Å². The van der Waals surface area contributed by atoms with Crippen LogP contribution in [-0.2, 0) is 4.79 Å². The Hall–Kier alpha value is -1.52. The first-order valence-corrected chi connectivity index (χ1v) is 5.81. The van der Waals surface area contributed by atoms with Gasteiger partial charge in [0.05, 0.1) is 5.92 Å². The van der Waals surface area contributed by atoms with Gasteiger partial charge in [-0.3, -0.25) is 4.79 Å². The van der Waals surface area contributed by atoms with E-state index in [0.717, 1.165) is 12.3 Å². The van der Waals surface area contributed by atoms with E-state index in [2.05, 4.69) is 19.0 Å². The third-order valence-electron chi connectivity index (χ3n) is 2.44. The number of rotatable bonds is 6. The van der Waals surface area contributed by atoms with Crippen molar-refractivity contribution in [3.63, 3.8) is 0 Å². The fourth-order valence-corrected chi connectivity index (χ4v) is 1.61. The second-order valence-electron chi connectivity index (χ2n) is 4.83. The lowest BCUT2D eigenvalue weighted by molar-refractivity contribution is -0.140. The Morgan fingerprint density at radius 3 is 2.53 bits per heavy atom. The van der Waals surface area contributed by atoms with Gasteiger partial charge in [-0.1, -0.05) is 25.9 Å². The molecule has 0 saturated carbocycles. The van der Waals surface area contributed by atoms with Gasteiger partial charge in [0.15, 0.2) is 5.82 Å². The summed E-state index contributed by atoms with van der Waals surface area (Å²) in [6.45, 7) is 8.91. The fraction of sp³-hybridized carbons (Fsp3) is 0.667. The molecule has 0 aromatic carbocycles. The van der Waals surface area contributed by atoms with Gasteiger partial charge in [0.2, 0.25) is 0 Å². The molecular weight excluding hydrogens is 220 g/mol. The molecule has 1 heterocycles. The number of aryl methyl sites for hydroxylation is 1. The summed E-state index contributed by atoms with van der Waals surface area (Å²) in [5.41, 5.74) is 0. The number of carboxylic acids is 1. The lowest BCUT2D eigenvalue weighted by Gasteiger charge is -2.25. The molecule has 0 aliphatic heterocycles. The van der Waals surface area contributed by atoms with Crippen molar-refractivity contribution in [1.82, 2.24) is 5.16 Å². The number of carboxylic acid groups (broad SMARTS) is 1. The van der Waals surface area contributed by atoms with Gasteiger partial charge in [0, 0.05) is 19.2 Å². The van der Waals surface area contributed by atoms with Crippen LogP contribution in [0.2, 0.25) is 0 Å². The molecule has 0 spiro atoms. The standard InChI is InChI=1S/C12H20N2O3/c1-8(2)6-14(7-9(3)12(15)16)11-5-10(4)17-13-11/h5,8-9H,6-7H2,1-4H3,(H,15,16). The molecule has 0 fully saturated rings. The molecule has 96 valence electrons. The van der Waals surface area contributed by atoms with E-state index in [1.54, 1.807) is 6.92 Å². The molecule has 0 bridgehead atoms. The number of aromatic nitrogens is 1. The molecule has 1 unspecified atom stereocenters. The van der Waals surface area contributed by atoms with Crippen molar-refractivity contribution >= 4 is 11.8 Å². The highest BCUT2D eigenvalue weighted by Gasteiger charge is 2.19. The summed E-state index contributed by atoms with van der Waals surface area (Å²) < 4.78 is 5.03. The second-order valence-corrected chi connectivity index (χ2v) is 4.83. The number of hydrogen-bond donors (Lipinski definition) is 1. The van der Waals surface area contributed by atoms with E-state index < -0.39 is 11.9 Å². The molecule has 0 aliphatic carbocycles. The molecule has 1 aromatic rings. The number of aliphatic carboxylic acids is 1. The van der Waals surface area contributed by atoms with E-state index in [4.69, 9.17) is 9.63 Å². The van der Waals surface area contributed by atoms with E-state index in [0.29, 0.717) is 18.3 Å². The molecule has 1 aromatic heterocycles. The minimum absolute atomic E-state index is 0.425. The van der Waals surface area contributed by atoms with Crippen LogP contribution in [0.25, 0.3) is 0 Å². The Kier molecular flexibility index (Phi) is 4.54. The van der Waals surface area contributed by atoms with Crippen LogP contribution in [0, 0.1) is 18.8 Å². The molecule has 1 atom stereocenters. The SMILES string of the molecule is Cc1cc(N(CC(C)C)CC(C)C(=O)O)no1. The number of hydrogen-bond acceptors (Lipinski definition) is 4. The van der Waals surface area contributed by atoms with Gasteiger partial charge in [-0.15, -0.1) is 0 Å². The summed E-state index contributed by atoms with van der Waals surface area (Å²) in [5.74, 6) is 0.666. The second kappa shape index (κ2) is 5.70. The molecule has 1 N–H and O–H groups in total. The molecule has 5 heteroatoms. The molecule has 1 rings (SSSR count). The Labute approximate surface area is 101 Å². The Balaban J connectivity index is 2.77. The predicted molar refractivity (Wildman–Crippen MR) is 65.1 cm³/mol. The van der Waals surface area contributed by atoms with E-state index in [1.807, 2.05) is 17.9 Å². The Bertz CT molecular complexity index is 374. The molecule has 0 aliphatic rings. The van der Waals surface area contributed by atoms with Gasteiger partial charge in [-0.05, 0) is 12.8 Å². The first-order chi connectivity index (χ1) is 7.90. The fourth-order valence-electron chi connectivity index (χ4n) is 1.61. The van der Waals surface area contributed by atoms with Crippen LogP contribution in [0.3, 0.4) is 0 Å². The van der Waals surface area contributed by atoms with Crippen molar-refractivity contribution in [3.05, 3.63) is 11.8 Å². The maximum absolute atomic E-state index is 10.9. The van der Waals surface area contributed by atoms with Crippen LogP contribution >= 0.6 is 0 Å². The van der Waals surface area contributed by atoms with E-state index >= 15 is 0 Å². The van der Waals surface area contributed by atoms with Crippen LogP contribution in [0.15, 0.2) is 10.6 Å². The monoisotopic (exact) mass is 240 g/mol. The van der Waals surface area contributed by atoms with Gasteiger partial charge >= 0.3 is 5.97 Å². The quantitative estimate of drug-likeness (QED) is 0.825. The number of carbonyl (C=O) groups is 1. The van der Waals surface area contributed by atoms with Gasteiger partial charge in [0.25, 0.3) is 0 Å². The summed E-state index contributed by atoms with van der Waals surface area (Å²) in [6.07, 6.45) is 0. The van der Waals surface area contributed by atoms with E-state index in [-0.39, 0.29) is 0 Å². The van der Waals surface area contributed by atoms with E-state index in [1.165, 1.54) is 0 Å². The van der Waals surface area contributed by atoms with Crippen molar-refractivity contribution in [2.24, 2.45) is 11.8 Å². The van der Waals surface area contributed by atoms with Crippen molar-refractivity contribution in [2.75, 3.05) is 18.0 Å². The highest BCUT2D eigenvalue weighted by Crippen LogP contribution is 2.17. The van der Waals surface area contributed by atoms with Crippen molar-refractivity contribution < 1.29 is 14.4 Å². The van der Waals surface area contributed by atoms with Gasteiger partial charge in [-0.2, -0.15) is 0 Å². The van der Waals surface area contributed by atoms with Crippen LogP contribution in [-0.4, -0.2) is 29.3 Å². The highest BCUT2D eigenvalue weighted by atomic mass is 16.5. The third-order valence-corrected chi connectivity index (χ3v) is 2.44. The maximum Gasteiger partial charge on any atom is 0.308 e. The highest BCUT2D eigenvalue weighted by molar-refractivity contribution is 5.70. The van der Waals surface area contributed by atoms with E-state index in [9.17, 15) is 4.79 Å². The first kappa shape index (κ1) is 13.5. The van der Waals surface area contributed by atoms with Crippen molar-refractivity contribution in [3.8, 4) is 0 Å². The summed E-state index contributed by atoms with van der Waals surface area (Å²) in [4.78, 5) is 12.8. The summed E-state index contributed by atoms with van der Waals surface area (Å²) in [7, 11) is 0. The Morgan fingerprint density at radius 2 is 2.12 bits per heavy atom. The Morgan fingerprint density at radius 1 is 1.47 bits per heavy atom. The van der Waals surface area contributed by atoms with Crippen LogP contribution in [0.4, 0.5) is 5.82 Å². The van der Waals surface area contributed by atoms with Gasteiger partial charge < -0.3 is 14.5 Å². The number of nitrogens with zero attached hydrogens (tertiary/aromatic N) is 2. The average Bonchev–Trinajstić information content (AvgIpc) is 2.62. The normalized spacial score (nSPS) is 12.8. The zero-order valence-corrected chi connectivity index (χ0v) is 10.8. The van der Waals surface area contributed by atoms with Gasteiger partial charge in [0.1, 0.15) is 5.76 Å². The van der Waals surface area contributed by atoms with Crippen LogP contribution in [0.5, 0.6) is 0 Å². The molecule has 0 saturated heterocycles. The number of anilines is 1. The zero-order valence-electron chi connectivity index (χ0n) is 10.8. The third kappa shape index (κ3) is 4.09. The largest absolute Gasteiger partial charge is 0.481 e. The molecule has 17 heavy (non-hydrogen) atoms. The lowest BCUT2D eigenvalue weighted by atomic mass is 10.1. The lowest BCUT2D eigenvalue weighted by Crippen LogP contribution is -2.34. The summed E-state index contributed by atoms with van der Waals surface area (Å²) in [5, 5.41) is 12.9. The van der Waals surface area contributed by atoms with Crippen LogP contribution < -0.4 is 4.90 Å². The minimum atomic E-state index is -0.793. The smallest absolute Gasteiger partial charge is 0.308 e. The zero-order chi connectivity index (χ0) is 13.0. The summed E-state index contributed by atoms with van der Waals surface area (Å²) >= 11 is 0. The summed E-state index contributed by atoms with van der Waals surface area (Å²) in [6, 6.07) is 1.83. The maximum atomic E-state index is 10.9. The molecule has 0 radical (unpaired) electrons. The average molecular weight is 240 g/mol. The molecular formula is C12H20N2O3. The minimum Gasteiger partial charge on any atom is -0.481 e. The van der Waals surface area contributed by atoms with Gasteiger partial charge in [-0.25, -0.2) is 0 Å². The molecule has 5 nitrogen and oxygen atoms in total. The predicted octanol–water partition coefficient (Wildman–Crippen LogP) is 2.17. The van der Waals surface area contributed by atoms with Crippen molar-refractivity contribution in [2.45, 2.75) is 27.7 Å². The topological polar surface area (TPSA) is 66.6 Å².